The third kappa shape index (κ3) is 4.47. The van der Waals surface area contributed by atoms with E-state index in [0.29, 0.717) is 13.0 Å². The summed E-state index contributed by atoms with van der Waals surface area (Å²) in [5, 5.41) is 11.0. The molecule has 0 amide bonds. The number of ether oxygens (including phenoxy) is 1. The molecule has 1 saturated heterocycles. The molecule has 0 saturated carbocycles. The van der Waals surface area contributed by atoms with Crippen molar-refractivity contribution in [2.45, 2.75) is 45.1 Å². The molecular weight excluding hydrogens is 370 g/mol. The highest BCUT2D eigenvalue weighted by Gasteiger charge is 2.21. The van der Waals surface area contributed by atoms with Gasteiger partial charge in [0.05, 0.1) is 0 Å². The lowest BCUT2D eigenvalue weighted by Crippen LogP contribution is -2.19. The summed E-state index contributed by atoms with van der Waals surface area (Å²) in [4.78, 5) is 14.7. The molecule has 1 aromatic heterocycles. The zero-order valence-corrected chi connectivity index (χ0v) is 17.0. The van der Waals surface area contributed by atoms with E-state index < -0.39 is 5.97 Å². The van der Waals surface area contributed by atoms with Crippen LogP contribution in [0.5, 0.6) is 5.75 Å². The number of carbonyl (C=O) groups is 1. The van der Waals surface area contributed by atoms with Gasteiger partial charge in [0.25, 0.3) is 0 Å². The van der Waals surface area contributed by atoms with E-state index in [0.717, 1.165) is 30.7 Å². The Kier molecular flexibility index (Phi) is 6.13. The number of hydrogen-bond donors (Lipinski definition) is 1. The van der Waals surface area contributed by atoms with Gasteiger partial charge in [-0.2, -0.15) is 0 Å². The first-order valence-corrected chi connectivity index (χ1v) is 11.1. The lowest BCUT2D eigenvalue weighted by atomic mass is 9.97. The minimum absolute atomic E-state index is 0.210. The Balaban J connectivity index is 1.59. The SMILES string of the molecule is O=C(O)CCCc1ccc2c(c1)/C(=C/CCN1CCCC1)c1sccc1CO2. The van der Waals surface area contributed by atoms with Crippen molar-refractivity contribution >= 4 is 22.9 Å². The van der Waals surface area contributed by atoms with Crippen LogP contribution in [0.3, 0.4) is 0 Å². The van der Waals surface area contributed by atoms with E-state index in [1.165, 1.54) is 47.5 Å². The minimum Gasteiger partial charge on any atom is -0.488 e. The third-order valence-electron chi connectivity index (χ3n) is 5.56. The molecule has 0 radical (unpaired) electrons. The Morgan fingerprint density at radius 1 is 1.25 bits per heavy atom. The average molecular weight is 398 g/mol. The molecule has 0 unspecified atom stereocenters. The summed E-state index contributed by atoms with van der Waals surface area (Å²) < 4.78 is 6.10. The minimum atomic E-state index is -0.733. The molecule has 1 N–H and O–H groups in total. The van der Waals surface area contributed by atoms with Gasteiger partial charge >= 0.3 is 5.97 Å². The second-order valence-electron chi connectivity index (χ2n) is 7.60. The summed E-state index contributed by atoms with van der Waals surface area (Å²) in [6.45, 7) is 4.16. The Morgan fingerprint density at radius 2 is 2.11 bits per heavy atom. The van der Waals surface area contributed by atoms with E-state index in [2.05, 4.69) is 40.6 Å². The van der Waals surface area contributed by atoms with E-state index in [-0.39, 0.29) is 6.42 Å². The van der Waals surface area contributed by atoms with Crippen molar-refractivity contribution in [1.29, 1.82) is 0 Å². The Morgan fingerprint density at radius 3 is 2.93 bits per heavy atom. The summed E-state index contributed by atoms with van der Waals surface area (Å²) in [7, 11) is 0. The maximum absolute atomic E-state index is 10.8. The topological polar surface area (TPSA) is 49.8 Å². The highest BCUT2D eigenvalue weighted by Crippen LogP contribution is 2.40. The van der Waals surface area contributed by atoms with E-state index >= 15 is 0 Å². The van der Waals surface area contributed by atoms with Gasteiger partial charge in [-0.1, -0.05) is 12.1 Å². The summed E-state index contributed by atoms with van der Waals surface area (Å²) in [5.41, 5.74) is 4.85. The predicted molar refractivity (Wildman–Crippen MR) is 113 cm³/mol. The predicted octanol–water partition coefficient (Wildman–Crippen LogP) is 4.97. The van der Waals surface area contributed by atoms with Gasteiger partial charge in [0, 0.05) is 29.0 Å². The van der Waals surface area contributed by atoms with Gasteiger partial charge in [-0.05, 0) is 79.9 Å². The molecule has 0 bridgehead atoms. The molecule has 2 aliphatic heterocycles. The Bertz CT molecular complexity index is 864. The summed E-state index contributed by atoms with van der Waals surface area (Å²) in [6.07, 6.45) is 7.70. The normalized spacial score (nSPS) is 17.8. The maximum Gasteiger partial charge on any atom is 0.303 e. The highest BCUT2D eigenvalue weighted by atomic mass is 32.1. The standard InChI is InChI=1S/C23H27NO3S/c25-22(26)7-3-5-17-8-9-21-20(15-17)19(6-4-13-24-11-1-2-12-24)23-18(16-27-21)10-14-28-23/h6,8-10,14-15H,1-5,7,11-13,16H2,(H,25,26)/b19-6-. The van der Waals surface area contributed by atoms with Crippen LogP contribution in [0.25, 0.3) is 5.57 Å². The second-order valence-corrected chi connectivity index (χ2v) is 8.51. The third-order valence-corrected chi connectivity index (χ3v) is 6.55. The molecule has 4 nitrogen and oxygen atoms in total. The van der Waals surface area contributed by atoms with E-state index in [1.54, 1.807) is 11.3 Å². The first-order valence-electron chi connectivity index (χ1n) is 10.2. The van der Waals surface area contributed by atoms with Crippen molar-refractivity contribution in [2.75, 3.05) is 19.6 Å². The quantitative estimate of drug-likeness (QED) is 0.717. The van der Waals surface area contributed by atoms with Crippen LogP contribution >= 0.6 is 11.3 Å². The second kappa shape index (κ2) is 8.93. The number of carboxylic acids is 1. The van der Waals surface area contributed by atoms with Crippen LogP contribution in [-0.4, -0.2) is 35.6 Å². The average Bonchev–Trinajstić information content (AvgIpc) is 3.33. The first-order chi connectivity index (χ1) is 13.7. The van der Waals surface area contributed by atoms with Crippen LogP contribution in [0.4, 0.5) is 0 Å². The molecule has 28 heavy (non-hydrogen) atoms. The van der Waals surface area contributed by atoms with Gasteiger partial charge < -0.3 is 14.7 Å². The highest BCUT2D eigenvalue weighted by molar-refractivity contribution is 7.11. The summed E-state index contributed by atoms with van der Waals surface area (Å²) >= 11 is 1.78. The lowest BCUT2D eigenvalue weighted by Gasteiger charge is -2.14. The number of thiophene rings is 1. The van der Waals surface area contributed by atoms with Gasteiger partial charge in [-0.25, -0.2) is 0 Å². The number of carboxylic acid groups (broad SMARTS) is 1. The van der Waals surface area contributed by atoms with Gasteiger partial charge in [0.15, 0.2) is 0 Å². The molecule has 2 aliphatic rings. The van der Waals surface area contributed by atoms with E-state index in [1.807, 2.05) is 0 Å². The lowest BCUT2D eigenvalue weighted by molar-refractivity contribution is -0.137. The van der Waals surface area contributed by atoms with Crippen LogP contribution in [-0.2, 0) is 17.8 Å². The molecule has 0 atom stereocenters. The smallest absolute Gasteiger partial charge is 0.303 e. The summed E-state index contributed by atoms with van der Waals surface area (Å²) in [5.74, 6) is 0.196. The molecule has 5 heteroatoms. The maximum atomic E-state index is 10.8. The number of aryl methyl sites for hydroxylation is 1. The van der Waals surface area contributed by atoms with Crippen molar-refractivity contribution in [1.82, 2.24) is 4.90 Å². The Labute approximate surface area is 170 Å². The fraction of sp³-hybridized carbons (Fsp3) is 0.435. The van der Waals surface area contributed by atoms with Crippen molar-refractivity contribution < 1.29 is 14.6 Å². The molecule has 1 aromatic carbocycles. The van der Waals surface area contributed by atoms with Gasteiger partial charge in [0.2, 0.25) is 0 Å². The van der Waals surface area contributed by atoms with Crippen LogP contribution in [0.2, 0.25) is 0 Å². The molecule has 0 spiro atoms. The number of hydrogen-bond acceptors (Lipinski definition) is 4. The van der Waals surface area contributed by atoms with Gasteiger partial charge in [-0.3, -0.25) is 4.79 Å². The molecule has 2 aromatic rings. The largest absolute Gasteiger partial charge is 0.488 e. The first kappa shape index (κ1) is 19.2. The molecule has 4 rings (SSSR count). The van der Waals surface area contributed by atoms with Crippen LogP contribution in [0, 0.1) is 0 Å². The molecule has 0 aliphatic carbocycles. The van der Waals surface area contributed by atoms with Crippen molar-refractivity contribution in [3.05, 3.63) is 57.3 Å². The van der Waals surface area contributed by atoms with E-state index in [9.17, 15) is 4.79 Å². The summed E-state index contributed by atoms with van der Waals surface area (Å²) in [6, 6.07) is 8.49. The number of nitrogens with zero attached hydrogens (tertiary/aromatic N) is 1. The molecule has 3 heterocycles. The van der Waals surface area contributed by atoms with Crippen molar-refractivity contribution in [2.24, 2.45) is 0 Å². The van der Waals surface area contributed by atoms with Crippen molar-refractivity contribution in [3.63, 3.8) is 0 Å². The van der Waals surface area contributed by atoms with Crippen molar-refractivity contribution in [3.8, 4) is 5.75 Å². The van der Waals surface area contributed by atoms with E-state index in [4.69, 9.17) is 9.84 Å². The molecular formula is C23H27NO3S. The number of fused-ring (bicyclic) bond motifs is 2. The van der Waals surface area contributed by atoms with Crippen LogP contribution in [0.15, 0.2) is 35.7 Å². The van der Waals surface area contributed by atoms with Crippen LogP contribution < -0.4 is 4.74 Å². The van der Waals surface area contributed by atoms with Crippen LogP contribution in [0.1, 0.15) is 53.7 Å². The number of benzene rings is 1. The number of aliphatic carboxylic acids is 1. The monoisotopic (exact) mass is 397 g/mol. The number of likely N-dealkylation sites (tertiary alicyclic amines) is 1. The fourth-order valence-electron chi connectivity index (χ4n) is 4.08. The Hall–Kier alpha value is -2.11. The zero-order chi connectivity index (χ0) is 19.3. The zero-order valence-electron chi connectivity index (χ0n) is 16.2. The van der Waals surface area contributed by atoms with Gasteiger partial charge in [-0.15, -0.1) is 11.3 Å². The van der Waals surface area contributed by atoms with Gasteiger partial charge in [0.1, 0.15) is 12.4 Å². The fourth-order valence-corrected chi connectivity index (χ4v) is 5.04. The number of rotatable bonds is 7. The molecule has 148 valence electrons. The molecule has 1 fully saturated rings.